The van der Waals surface area contributed by atoms with Crippen molar-refractivity contribution >= 4 is 50.1 Å². The molecule has 0 saturated carbocycles. The smallest absolute Gasteiger partial charge is 0.258 e. The van der Waals surface area contributed by atoms with Gasteiger partial charge in [0, 0.05) is 23.4 Å². The minimum atomic E-state index is -4.11. The van der Waals surface area contributed by atoms with Gasteiger partial charge in [-0.25, -0.2) is 13.1 Å². The maximum Gasteiger partial charge on any atom is 0.258 e. The van der Waals surface area contributed by atoms with Crippen LogP contribution < -0.4 is 14.7 Å². The van der Waals surface area contributed by atoms with Gasteiger partial charge in [0.1, 0.15) is 0 Å². The Morgan fingerprint density at radius 3 is 2.69 bits per heavy atom. The quantitative estimate of drug-likeness (QED) is 0.737. The fourth-order valence-corrected chi connectivity index (χ4v) is 4.95. The van der Waals surface area contributed by atoms with Gasteiger partial charge in [-0.3, -0.25) is 4.79 Å². The topological polar surface area (TPSA) is 107 Å². The van der Waals surface area contributed by atoms with Gasteiger partial charge in [0.25, 0.3) is 5.91 Å². The summed E-state index contributed by atoms with van der Waals surface area (Å²) in [5.41, 5.74) is 1.05. The van der Waals surface area contributed by atoms with E-state index in [2.05, 4.69) is 4.72 Å². The molecular formula is C17H17N2O5S2-. The van der Waals surface area contributed by atoms with Crippen molar-refractivity contribution in [2.24, 2.45) is 0 Å². The number of anilines is 1. The first kappa shape index (κ1) is 18.7. The molecule has 1 N–H and O–H groups in total. The number of rotatable bonds is 7. The summed E-state index contributed by atoms with van der Waals surface area (Å²) in [5, 5.41) is 12.2. The largest absolute Gasteiger partial charge is 0.548 e. The van der Waals surface area contributed by atoms with Crippen molar-refractivity contribution in [3.05, 3.63) is 35.9 Å². The van der Waals surface area contributed by atoms with Gasteiger partial charge >= 0.3 is 0 Å². The Bertz CT molecular complexity index is 1000. The van der Waals surface area contributed by atoms with E-state index in [9.17, 15) is 23.1 Å². The van der Waals surface area contributed by atoms with E-state index in [1.54, 1.807) is 37.6 Å². The lowest BCUT2D eigenvalue weighted by Gasteiger charge is -2.20. The molecule has 0 fully saturated rings. The molecule has 3 rings (SSSR count). The molecule has 0 aliphatic carbocycles. The Hall–Kier alpha value is -2.10. The van der Waals surface area contributed by atoms with Crippen LogP contribution in [0.25, 0.3) is 10.8 Å². The van der Waals surface area contributed by atoms with Crippen LogP contribution in [0.15, 0.2) is 35.2 Å². The summed E-state index contributed by atoms with van der Waals surface area (Å²) in [5.74, 6) is -1.20. The third-order valence-electron chi connectivity index (χ3n) is 4.36. The van der Waals surface area contributed by atoms with Gasteiger partial charge in [-0.1, -0.05) is 12.1 Å². The normalized spacial score (nSPS) is 14.8. The molecule has 1 aliphatic rings. The minimum absolute atomic E-state index is 0.0587. The van der Waals surface area contributed by atoms with Crippen molar-refractivity contribution in [2.75, 3.05) is 24.0 Å². The highest BCUT2D eigenvalue weighted by Crippen LogP contribution is 2.39. The van der Waals surface area contributed by atoms with E-state index in [0.29, 0.717) is 27.8 Å². The van der Waals surface area contributed by atoms with Crippen molar-refractivity contribution in [2.45, 2.75) is 17.4 Å². The van der Waals surface area contributed by atoms with Crippen molar-refractivity contribution in [1.29, 1.82) is 0 Å². The van der Waals surface area contributed by atoms with Crippen LogP contribution in [0.3, 0.4) is 0 Å². The summed E-state index contributed by atoms with van der Waals surface area (Å²) in [6.07, 6.45) is 1.92. The van der Waals surface area contributed by atoms with Crippen LogP contribution in [0.4, 0.5) is 5.69 Å². The minimum Gasteiger partial charge on any atom is -0.548 e. The van der Waals surface area contributed by atoms with Crippen molar-refractivity contribution < 1.29 is 23.1 Å². The predicted octanol–water partition coefficient (Wildman–Crippen LogP) is 0.580. The van der Waals surface area contributed by atoms with Crippen molar-refractivity contribution in [1.82, 2.24) is 4.72 Å². The van der Waals surface area contributed by atoms with Crippen LogP contribution in [0.5, 0.6) is 0 Å². The van der Waals surface area contributed by atoms with Crippen LogP contribution in [0.1, 0.15) is 16.8 Å². The highest BCUT2D eigenvalue weighted by molar-refractivity contribution is 7.98. The molecule has 7 nitrogen and oxygen atoms in total. The Balaban J connectivity index is 2.08. The molecule has 138 valence electrons. The van der Waals surface area contributed by atoms with Gasteiger partial charge in [0.05, 0.1) is 22.6 Å². The summed E-state index contributed by atoms with van der Waals surface area (Å²) in [4.78, 5) is 25.0. The molecule has 2 aromatic rings. The number of thioether (sulfide) groups is 1. The molecule has 0 aromatic heterocycles. The maximum atomic E-state index is 12.8. The number of carbonyl (C=O) groups excluding carboxylic acids is 2. The van der Waals surface area contributed by atoms with Crippen LogP contribution >= 0.6 is 11.8 Å². The maximum absolute atomic E-state index is 12.8. The zero-order chi connectivity index (χ0) is 19.1. The van der Waals surface area contributed by atoms with Gasteiger partial charge in [0.2, 0.25) is 10.0 Å². The lowest BCUT2D eigenvalue weighted by Crippen LogP contribution is -2.48. The summed E-state index contributed by atoms with van der Waals surface area (Å²) in [6, 6.07) is 6.49. The van der Waals surface area contributed by atoms with Crippen LogP contribution in [0.2, 0.25) is 0 Å². The summed E-state index contributed by atoms with van der Waals surface area (Å²) < 4.78 is 27.9. The number of hydrogen-bond acceptors (Lipinski definition) is 6. The number of sulfonamides is 1. The lowest BCUT2D eigenvalue weighted by molar-refractivity contribution is -0.308. The predicted molar refractivity (Wildman–Crippen MR) is 98.8 cm³/mol. The van der Waals surface area contributed by atoms with Crippen LogP contribution in [-0.4, -0.2) is 45.4 Å². The molecule has 1 amide bonds. The van der Waals surface area contributed by atoms with Gasteiger partial charge in [0.15, 0.2) is 0 Å². The first-order valence-corrected chi connectivity index (χ1v) is 10.7. The molecule has 2 aromatic carbocycles. The lowest BCUT2D eigenvalue weighted by atomic mass is 10.1. The van der Waals surface area contributed by atoms with Gasteiger partial charge < -0.3 is 14.8 Å². The highest BCUT2D eigenvalue weighted by atomic mass is 32.2. The Kier molecular flexibility index (Phi) is 4.96. The van der Waals surface area contributed by atoms with E-state index in [1.807, 2.05) is 0 Å². The number of aliphatic carboxylic acids is 1. The molecule has 9 heteroatoms. The molecule has 0 saturated heterocycles. The average Bonchev–Trinajstić information content (AvgIpc) is 2.85. The summed E-state index contributed by atoms with van der Waals surface area (Å²) in [6.45, 7) is 0. The zero-order valence-electron chi connectivity index (χ0n) is 14.2. The molecule has 1 aliphatic heterocycles. The summed E-state index contributed by atoms with van der Waals surface area (Å²) in [7, 11) is -2.49. The first-order valence-electron chi connectivity index (χ1n) is 7.84. The third-order valence-corrected chi connectivity index (χ3v) is 6.53. The Morgan fingerprint density at radius 1 is 1.31 bits per heavy atom. The number of nitrogens with zero attached hydrogens (tertiary/aromatic N) is 1. The van der Waals surface area contributed by atoms with E-state index in [1.165, 1.54) is 22.7 Å². The number of carbonyl (C=O) groups is 2. The monoisotopic (exact) mass is 393 g/mol. The van der Waals surface area contributed by atoms with Gasteiger partial charge in [-0.05, 0) is 36.6 Å². The molecule has 26 heavy (non-hydrogen) atoms. The molecule has 0 radical (unpaired) electrons. The first-order chi connectivity index (χ1) is 12.3. The Morgan fingerprint density at radius 2 is 2.04 bits per heavy atom. The fraction of sp³-hybridized carbons (Fsp3) is 0.294. The number of benzene rings is 2. The molecular weight excluding hydrogens is 376 g/mol. The number of carboxylic acids is 1. The fourth-order valence-electron chi connectivity index (χ4n) is 3.05. The second-order valence-corrected chi connectivity index (χ2v) is 8.62. The van der Waals surface area contributed by atoms with E-state index in [-0.39, 0.29) is 17.2 Å². The highest BCUT2D eigenvalue weighted by Gasteiger charge is 2.30. The molecule has 0 spiro atoms. The zero-order valence-corrected chi connectivity index (χ0v) is 15.8. The van der Waals surface area contributed by atoms with E-state index < -0.39 is 22.0 Å². The molecule has 0 bridgehead atoms. The van der Waals surface area contributed by atoms with Gasteiger partial charge in [-0.15, -0.1) is 0 Å². The summed E-state index contributed by atoms with van der Waals surface area (Å²) >= 11 is 1.42. The second-order valence-electron chi connectivity index (χ2n) is 5.95. The average molecular weight is 393 g/mol. The number of nitrogens with one attached hydrogen (secondary N) is 1. The van der Waals surface area contributed by atoms with Crippen LogP contribution in [0, 0.1) is 0 Å². The number of amides is 1. The number of carboxylic acid groups (broad SMARTS) is 1. The van der Waals surface area contributed by atoms with Crippen molar-refractivity contribution in [3.8, 4) is 0 Å². The molecule has 0 unspecified atom stereocenters. The van der Waals surface area contributed by atoms with Crippen molar-refractivity contribution in [3.63, 3.8) is 0 Å². The molecule has 1 heterocycles. The second kappa shape index (κ2) is 6.90. The van der Waals surface area contributed by atoms with E-state index >= 15 is 0 Å². The standard InChI is InChI=1S/C17H18N2O5S2/c1-19-13-6-7-14(10-4-3-5-11(15(10)13)16(19)20)26(23,24)18-12(17(21)22)8-9-25-2/h3-7,12,18H,8-9H2,1-2H3,(H,21,22)/p-1/t12-/m0/s1. The number of hydrogen-bond donors (Lipinski definition) is 1. The van der Waals surface area contributed by atoms with E-state index in [4.69, 9.17) is 0 Å². The third kappa shape index (κ3) is 3.06. The van der Waals surface area contributed by atoms with Gasteiger partial charge in [-0.2, -0.15) is 11.8 Å². The molecule has 1 atom stereocenters. The Labute approximate surface area is 155 Å². The van der Waals surface area contributed by atoms with Crippen LogP contribution in [-0.2, 0) is 14.8 Å². The SMILES string of the molecule is CSCC[C@H](NS(=O)(=O)c1ccc2c3c(cccc13)C(=O)N2C)C(=O)[O-]. The van der Waals surface area contributed by atoms with E-state index in [0.717, 1.165) is 0 Å².